The minimum atomic E-state index is -0.252. The molecule has 1 fully saturated rings. The van der Waals surface area contributed by atoms with Crippen LogP contribution in [-0.2, 0) is 6.54 Å². The molecular formula is C16H23N5O. The molecule has 0 aliphatic carbocycles. The molecule has 1 N–H and O–H groups in total. The van der Waals surface area contributed by atoms with Crippen LogP contribution in [0, 0.1) is 0 Å². The summed E-state index contributed by atoms with van der Waals surface area (Å²) in [6.45, 7) is 7.44. The van der Waals surface area contributed by atoms with E-state index < -0.39 is 0 Å². The Morgan fingerprint density at radius 2 is 1.77 bits per heavy atom. The Labute approximate surface area is 131 Å². The molecular weight excluding hydrogens is 278 g/mol. The predicted molar refractivity (Wildman–Crippen MR) is 84.8 cm³/mol. The van der Waals surface area contributed by atoms with Crippen molar-refractivity contribution >= 4 is 0 Å². The fraction of sp³-hybridized carbons (Fsp3) is 0.500. The van der Waals surface area contributed by atoms with Gasteiger partial charge in [-0.2, -0.15) is 15.0 Å². The Balaban J connectivity index is 1.54. The van der Waals surface area contributed by atoms with Crippen molar-refractivity contribution in [3.63, 3.8) is 0 Å². The molecule has 6 nitrogen and oxygen atoms in total. The first-order valence-electron chi connectivity index (χ1n) is 7.80. The number of rotatable bonds is 5. The first-order valence-corrected chi connectivity index (χ1v) is 7.80. The predicted octanol–water partition coefficient (Wildman–Crippen LogP) is 0.766. The number of aliphatic hydroxyl groups excluding tert-OH is 1. The third kappa shape index (κ3) is 3.91. The molecule has 1 aromatic heterocycles. The van der Waals surface area contributed by atoms with Gasteiger partial charge in [-0.1, -0.05) is 18.2 Å². The highest BCUT2D eigenvalue weighted by Gasteiger charge is 2.18. The van der Waals surface area contributed by atoms with Crippen LogP contribution in [-0.4, -0.2) is 68.7 Å². The number of β-amino-alcohol motifs (C(OH)–C–C–N with tert-alkyl or cyclic N) is 1. The summed E-state index contributed by atoms with van der Waals surface area (Å²) in [5.41, 5.74) is 1.98. The molecule has 3 rings (SSSR count). The van der Waals surface area contributed by atoms with Crippen molar-refractivity contribution in [1.29, 1.82) is 0 Å². The Morgan fingerprint density at radius 3 is 2.45 bits per heavy atom. The van der Waals surface area contributed by atoms with Gasteiger partial charge in [-0.15, -0.1) is 0 Å². The number of aromatic nitrogens is 3. The SMILES string of the molecule is CC(O)CN1CCN(Cc2cnn(-c3ccccc3)n2)CC1. The van der Waals surface area contributed by atoms with Gasteiger partial charge in [0.15, 0.2) is 0 Å². The summed E-state index contributed by atoms with van der Waals surface area (Å²) < 4.78 is 0. The van der Waals surface area contributed by atoms with Crippen molar-refractivity contribution in [3.8, 4) is 5.69 Å². The topological polar surface area (TPSA) is 57.4 Å². The highest BCUT2D eigenvalue weighted by atomic mass is 16.3. The van der Waals surface area contributed by atoms with Gasteiger partial charge in [-0.05, 0) is 19.1 Å². The summed E-state index contributed by atoms with van der Waals surface area (Å²) in [5.74, 6) is 0. The van der Waals surface area contributed by atoms with Crippen molar-refractivity contribution in [3.05, 3.63) is 42.2 Å². The Bertz CT molecular complexity index is 575. The van der Waals surface area contributed by atoms with Crippen LogP contribution in [0.5, 0.6) is 0 Å². The maximum atomic E-state index is 9.44. The van der Waals surface area contributed by atoms with E-state index in [1.165, 1.54) is 0 Å². The number of para-hydroxylation sites is 1. The van der Waals surface area contributed by atoms with Gasteiger partial charge >= 0.3 is 0 Å². The van der Waals surface area contributed by atoms with E-state index >= 15 is 0 Å². The average molecular weight is 301 g/mol. The molecule has 118 valence electrons. The number of nitrogens with zero attached hydrogens (tertiary/aromatic N) is 5. The fourth-order valence-electron chi connectivity index (χ4n) is 2.79. The third-order valence-electron chi connectivity index (χ3n) is 3.90. The number of aliphatic hydroxyl groups is 1. The van der Waals surface area contributed by atoms with Crippen LogP contribution in [0.2, 0.25) is 0 Å². The molecule has 1 unspecified atom stereocenters. The number of benzene rings is 1. The van der Waals surface area contributed by atoms with E-state index in [-0.39, 0.29) is 6.10 Å². The first-order chi connectivity index (χ1) is 10.7. The molecule has 2 aromatic rings. The summed E-state index contributed by atoms with van der Waals surface area (Å²) in [4.78, 5) is 6.37. The normalized spacial score (nSPS) is 18.5. The zero-order valence-corrected chi connectivity index (χ0v) is 13.0. The van der Waals surface area contributed by atoms with Gasteiger partial charge < -0.3 is 5.11 Å². The molecule has 1 aliphatic heterocycles. The third-order valence-corrected chi connectivity index (χ3v) is 3.90. The summed E-state index contributed by atoms with van der Waals surface area (Å²) in [6, 6.07) is 9.96. The summed E-state index contributed by atoms with van der Waals surface area (Å²) >= 11 is 0. The molecule has 1 atom stereocenters. The lowest BCUT2D eigenvalue weighted by molar-refractivity contribution is 0.0776. The maximum absolute atomic E-state index is 9.44. The maximum Gasteiger partial charge on any atom is 0.0971 e. The van der Waals surface area contributed by atoms with E-state index in [1.54, 1.807) is 4.80 Å². The van der Waals surface area contributed by atoms with E-state index in [4.69, 9.17) is 0 Å². The average Bonchev–Trinajstić information content (AvgIpc) is 2.98. The van der Waals surface area contributed by atoms with Gasteiger partial charge in [-0.25, -0.2) is 0 Å². The van der Waals surface area contributed by atoms with Crippen LogP contribution >= 0.6 is 0 Å². The van der Waals surface area contributed by atoms with Crippen LogP contribution in [0.1, 0.15) is 12.6 Å². The quantitative estimate of drug-likeness (QED) is 0.884. The molecule has 22 heavy (non-hydrogen) atoms. The summed E-state index contributed by atoms with van der Waals surface area (Å²) in [5, 5.41) is 18.3. The molecule has 1 saturated heterocycles. The van der Waals surface area contributed by atoms with E-state index in [2.05, 4.69) is 20.0 Å². The number of hydrogen-bond donors (Lipinski definition) is 1. The van der Waals surface area contributed by atoms with Crippen LogP contribution in [0.4, 0.5) is 0 Å². The molecule has 0 spiro atoms. The van der Waals surface area contributed by atoms with Crippen molar-refractivity contribution in [2.24, 2.45) is 0 Å². The molecule has 0 saturated carbocycles. The van der Waals surface area contributed by atoms with Gasteiger partial charge in [0, 0.05) is 39.3 Å². The first kappa shape index (κ1) is 15.1. The van der Waals surface area contributed by atoms with Crippen molar-refractivity contribution < 1.29 is 5.11 Å². The van der Waals surface area contributed by atoms with Crippen LogP contribution in [0.3, 0.4) is 0 Å². The largest absolute Gasteiger partial charge is 0.392 e. The Hall–Kier alpha value is -1.76. The highest BCUT2D eigenvalue weighted by molar-refractivity contribution is 5.28. The van der Waals surface area contributed by atoms with Crippen molar-refractivity contribution in [2.45, 2.75) is 19.6 Å². The standard InChI is InChI=1S/C16H23N5O/c1-14(22)12-19-7-9-20(10-8-19)13-15-11-17-21(18-15)16-5-3-2-4-6-16/h2-6,11,14,22H,7-10,12-13H2,1H3. The molecule has 1 aliphatic rings. The monoisotopic (exact) mass is 301 g/mol. The Kier molecular flexibility index (Phi) is 4.82. The van der Waals surface area contributed by atoms with Gasteiger partial charge in [0.1, 0.15) is 0 Å². The lowest BCUT2D eigenvalue weighted by atomic mass is 10.2. The smallest absolute Gasteiger partial charge is 0.0971 e. The minimum Gasteiger partial charge on any atom is -0.392 e. The number of piperazine rings is 1. The van der Waals surface area contributed by atoms with Gasteiger partial charge in [-0.3, -0.25) is 9.80 Å². The van der Waals surface area contributed by atoms with Crippen LogP contribution in [0.25, 0.3) is 5.69 Å². The molecule has 6 heteroatoms. The molecule has 2 heterocycles. The molecule has 0 radical (unpaired) electrons. The fourth-order valence-corrected chi connectivity index (χ4v) is 2.79. The van der Waals surface area contributed by atoms with Gasteiger partial charge in [0.25, 0.3) is 0 Å². The second kappa shape index (κ2) is 7.00. The zero-order chi connectivity index (χ0) is 15.4. The lowest BCUT2D eigenvalue weighted by Gasteiger charge is -2.34. The van der Waals surface area contributed by atoms with Crippen LogP contribution in [0.15, 0.2) is 36.5 Å². The molecule has 0 amide bonds. The Morgan fingerprint density at radius 1 is 1.09 bits per heavy atom. The van der Waals surface area contributed by atoms with E-state index in [9.17, 15) is 5.11 Å². The molecule has 1 aromatic carbocycles. The lowest BCUT2D eigenvalue weighted by Crippen LogP contribution is -2.47. The van der Waals surface area contributed by atoms with Crippen LogP contribution < -0.4 is 0 Å². The zero-order valence-electron chi connectivity index (χ0n) is 13.0. The second-order valence-electron chi connectivity index (χ2n) is 5.89. The van der Waals surface area contributed by atoms with E-state index in [1.807, 2.05) is 43.5 Å². The number of hydrogen-bond acceptors (Lipinski definition) is 5. The van der Waals surface area contributed by atoms with Crippen molar-refractivity contribution in [1.82, 2.24) is 24.8 Å². The van der Waals surface area contributed by atoms with Gasteiger partial charge in [0.05, 0.1) is 23.7 Å². The summed E-state index contributed by atoms with van der Waals surface area (Å²) in [6.07, 6.45) is 1.59. The van der Waals surface area contributed by atoms with Gasteiger partial charge in [0.2, 0.25) is 0 Å². The van der Waals surface area contributed by atoms with E-state index in [0.717, 1.165) is 50.6 Å². The van der Waals surface area contributed by atoms with Crippen molar-refractivity contribution in [2.75, 3.05) is 32.7 Å². The minimum absolute atomic E-state index is 0.252. The highest BCUT2D eigenvalue weighted by Crippen LogP contribution is 2.09. The summed E-state index contributed by atoms with van der Waals surface area (Å²) in [7, 11) is 0. The van der Waals surface area contributed by atoms with E-state index in [0.29, 0.717) is 0 Å². The second-order valence-corrected chi connectivity index (χ2v) is 5.89. The molecule has 0 bridgehead atoms.